The normalized spacial score (nSPS) is 13.9. The van der Waals surface area contributed by atoms with Crippen LogP contribution in [0.4, 0.5) is 0 Å². The number of rotatable bonds is 45. The molecule has 0 aliphatic carbocycles. The molecule has 61 heavy (non-hydrogen) atoms. The van der Waals surface area contributed by atoms with Gasteiger partial charge in [0.05, 0.1) is 27.7 Å². The Hall–Kier alpha value is -2.07. The minimum atomic E-state index is -4.40. The Morgan fingerprint density at radius 2 is 0.967 bits per heavy atom. The number of carbonyl (C=O) groups excluding carboxylic acids is 2. The average molecular weight is 883 g/mol. The molecule has 0 fully saturated rings. The molecule has 1 unspecified atom stereocenters. The van der Waals surface area contributed by atoms with Crippen LogP contribution in [0, 0.1) is 0 Å². The summed E-state index contributed by atoms with van der Waals surface area (Å²) in [6.07, 6.45) is 49.0. The van der Waals surface area contributed by atoms with E-state index in [1.54, 1.807) is 0 Å². The molecule has 2 N–H and O–H groups in total. The zero-order valence-electron chi connectivity index (χ0n) is 39.6. The third-order valence-corrected chi connectivity index (χ3v) is 11.4. The molecule has 0 rings (SSSR count). The zero-order chi connectivity index (χ0) is 45.0. The Balaban J connectivity index is 4.35. The van der Waals surface area contributed by atoms with Crippen molar-refractivity contribution < 1.29 is 47.2 Å². The van der Waals surface area contributed by atoms with Gasteiger partial charge in [0, 0.05) is 19.4 Å². The number of phosphoric ester groups is 1. The Morgan fingerprint density at radius 3 is 1.44 bits per heavy atom. The Bertz CT molecular complexity index is 1180. The van der Waals surface area contributed by atoms with Crippen molar-refractivity contribution in [2.24, 2.45) is 0 Å². The topological polar surface area (TPSA) is 129 Å². The van der Waals surface area contributed by atoms with Crippen LogP contribution in [0.1, 0.15) is 200 Å². The lowest BCUT2D eigenvalue weighted by atomic mass is 10.0. The van der Waals surface area contributed by atoms with E-state index in [1.807, 2.05) is 27.2 Å². The molecular formula is C50H93NO9P+. The summed E-state index contributed by atoms with van der Waals surface area (Å²) in [7, 11) is 1.43. The molecule has 0 aliphatic rings. The van der Waals surface area contributed by atoms with Crippen LogP contribution in [0.25, 0.3) is 0 Å². The molecule has 11 heteroatoms. The summed E-state index contributed by atoms with van der Waals surface area (Å²) in [6.45, 7) is 2.38. The maximum atomic E-state index is 12.7. The second-order valence-electron chi connectivity index (χ2n) is 17.6. The number of hydrogen-bond donors (Lipinski definition) is 2. The van der Waals surface area contributed by atoms with E-state index in [9.17, 15) is 19.0 Å². The summed E-state index contributed by atoms with van der Waals surface area (Å²) >= 11 is 0. The molecule has 2 atom stereocenters. The molecule has 0 saturated carbocycles. The second-order valence-corrected chi connectivity index (χ2v) is 19.0. The highest BCUT2D eigenvalue weighted by Gasteiger charge is 2.27. The van der Waals surface area contributed by atoms with E-state index in [-0.39, 0.29) is 38.6 Å². The first-order valence-electron chi connectivity index (χ1n) is 24.5. The van der Waals surface area contributed by atoms with Gasteiger partial charge in [0.25, 0.3) is 0 Å². The Morgan fingerprint density at radius 1 is 0.541 bits per heavy atom. The number of hydrogen-bond acceptors (Lipinski definition) is 8. The van der Waals surface area contributed by atoms with E-state index in [1.165, 1.54) is 103 Å². The fraction of sp³-hybridized carbons (Fsp3) is 0.800. The number of aliphatic hydroxyl groups is 1. The summed E-state index contributed by atoms with van der Waals surface area (Å²) in [5.41, 5.74) is 0. The van der Waals surface area contributed by atoms with Crippen LogP contribution < -0.4 is 0 Å². The van der Waals surface area contributed by atoms with Crippen molar-refractivity contribution in [2.75, 3.05) is 54.1 Å². The monoisotopic (exact) mass is 883 g/mol. The van der Waals surface area contributed by atoms with E-state index in [2.05, 4.69) is 49.5 Å². The zero-order valence-corrected chi connectivity index (χ0v) is 40.5. The van der Waals surface area contributed by atoms with Crippen LogP contribution in [0.5, 0.6) is 0 Å². The van der Waals surface area contributed by atoms with Gasteiger partial charge in [0.2, 0.25) is 0 Å². The Kier molecular flexibility index (Phi) is 41.7. The van der Waals surface area contributed by atoms with Crippen molar-refractivity contribution in [3.63, 3.8) is 0 Å². The second kappa shape index (κ2) is 43.2. The van der Waals surface area contributed by atoms with Gasteiger partial charge in [0.1, 0.15) is 19.8 Å². The highest BCUT2D eigenvalue weighted by atomic mass is 31.2. The van der Waals surface area contributed by atoms with Crippen LogP contribution in [-0.2, 0) is 32.7 Å². The lowest BCUT2D eigenvalue weighted by Gasteiger charge is -2.24. The minimum absolute atomic E-state index is 0.0164. The van der Waals surface area contributed by atoms with Crippen LogP contribution in [0.15, 0.2) is 48.6 Å². The first kappa shape index (κ1) is 58.9. The first-order valence-corrected chi connectivity index (χ1v) is 26.0. The van der Waals surface area contributed by atoms with Crippen molar-refractivity contribution in [3.05, 3.63) is 48.6 Å². The van der Waals surface area contributed by atoms with E-state index in [0.29, 0.717) is 23.9 Å². The van der Waals surface area contributed by atoms with Crippen molar-refractivity contribution in [2.45, 2.75) is 206 Å². The van der Waals surface area contributed by atoms with Gasteiger partial charge < -0.3 is 24.0 Å². The predicted octanol–water partition coefficient (Wildman–Crippen LogP) is 13.2. The van der Waals surface area contributed by atoms with Gasteiger partial charge in [0.15, 0.2) is 6.10 Å². The van der Waals surface area contributed by atoms with Crippen molar-refractivity contribution in [1.29, 1.82) is 0 Å². The molecule has 356 valence electrons. The highest BCUT2D eigenvalue weighted by molar-refractivity contribution is 7.47. The molecular weight excluding hydrogens is 790 g/mol. The molecule has 10 nitrogen and oxygen atoms in total. The standard InChI is InChI=1S/C50H92NO9P/c1-5-6-7-8-9-10-11-12-13-14-15-17-20-23-26-29-32-35-38-41-49(53)57-46-48(47-59-61(55,56)58-45-43-51(2,3)4)60-50(54)42-39-36-33-30-27-24-21-18-16-19-22-25-28-31-34-37-40-44-52/h16,19,21,24-25,28,30,33,48,52H,5-15,17-18,20,22-23,26-27,29,31-32,34-47H2,1-4H3/p+1/b19-16-,24-21-,28-25-,33-30-/t48-/m1/s1. The molecule has 0 radical (unpaired) electrons. The number of aliphatic hydroxyl groups excluding tert-OH is 1. The van der Waals surface area contributed by atoms with Gasteiger partial charge in [-0.3, -0.25) is 18.6 Å². The first-order chi connectivity index (χ1) is 29.5. The van der Waals surface area contributed by atoms with Gasteiger partial charge in [-0.15, -0.1) is 0 Å². The smallest absolute Gasteiger partial charge is 0.462 e. The maximum Gasteiger partial charge on any atom is 0.472 e. The molecule has 0 aromatic carbocycles. The number of quaternary nitrogens is 1. The quantitative estimate of drug-likeness (QED) is 0.0202. The molecule has 0 saturated heterocycles. The molecule has 0 aromatic rings. The summed E-state index contributed by atoms with van der Waals surface area (Å²) in [6, 6.07) is 0. The van der Waals surface area contributed by atoms with E-state index in [0.717, 1.165) is 64.2 Å². The van der Waals surface area contributed by atoms with Crippen molar-refractivity contribution in [3.8, 4) is 0 Å². The van der Waals surface area contributed by atoms with Gasteiger partial charge in [-0.1, -0.05) is 178 Å². The molecule has 0 spiro atoms. The number of esters is 2. The number of ether oxygens (including phenoxy) is 2. The van der Waals surface area contributed by atoms with Crippen LogP contribution in [-0.4, -0.2) is 86.6 Å². The Labute approximate surface area is 374 Å². The lowest BCUT2D eigenvalue weighted by molar-refractivity contribution is -0.870. The summed E-state index contributed by atoms with van der Waals surface area (Å²) in [5.74, 6) is -0.873. The van der Waals surface area contributed by atoms with E-state index >= 15 is 0 Å². The van der Waals surface area contributed by atoms with Gasteiger partial charge in [-0.2, -0.15) is 0 Å². The highest BCUT2D eigenvalue weighted by Crippen LogP contribution is 2.43. The van der Waals surface area contributed by atoms with Gasteiger partial charge in [-0.25, -0.2) is 4.57 Å². The van der Waals surface area contributed by atoms with Crippen molar-refractivity contribution in [1.82, 2.24) is 0 Å². The van der Waals surface area contributed by atoms with Crippen molar-refractivity contribution >= 4 is 19.8 Å². The molecule has 0 amide bonds. The number of unbranched alkanes of at least 4 members (excludes halogenated alkanes) is 22. The largest absolute Gasteiger partial charge is 0.472 e. The predicted molar refractivity (Wildman–Crippen MR) is 253 cm³/mol. The molecule has 0 bridgehead atoms. The van der Waals surface area contributed by atoms with E-state index < -0.39 is 26.5 Å². The lowest BCUT2D eigenvalue weighted by Crippen LogP contribution is -2.37. The molecule has 0 heterocycles. The average Bonchev–Trinajstić information content (AvgIpc) is 3.21. The van der Waals surface area contributed by atoms with Gasteiger partial charge in [-0.05, 0) is 57.8 Å². The minimum Gasteiger partial charge on any atom is -0.462 e. The van der Waals surface area contributed by atoms with Crippen LogP contribution >= 0.6 is 7.82 Å². The number of nitrogens with zero attached hydrogens (tertiary/aromatic N) is 1. The maximum absolute atomic E-state index is 12.7. The number of likely N-dealkylation sites (N-methyl/N-ethyl adjacent to an activating group) is 1. The molecule has 0 aliphatic heterocycles. The summed E-state index contributed by atoms with van der Waals surface area (Å²) < 4.78 is 34.3. The van der Waals surface area contributed by atoms with E-state index in [4.69, 9.17) is 23.6 Å². The number of phosphoric acid groups is 1. The SMILES string of the molecule is CCCCCCCCCCCCCCCCCCCCCC(=O)OC[C@H](COP(=O)(O)OCC[N+](C)(C)C)OC(=O)CCC/C=C\C/C=C\C/C=C\C/C=C\CCCCCO. The fourth-order valence-corrected chi connectivity index (χ4v) is 7.32. The van der Waals surface area contributed by atoms with Gasteiger partial charge >= 0.3 is 19.8 Å². The third kappa shape index (κ3) is 47.2. The van der Waals surface area contributed by atoms with Crippen LogP contribution in [0.3, 0.4) is 0 Å². The number of carbonyl (C=O) groups is 2. The molecule has 0 aromatic heterocycles. The fourth-order valence-electron chi connectivity index (χ4n) is 6.58. The summed E-state index contributed by atoms with van der Waals surface area (Å²) in [4.78, 5) is 35.5. The van der Waals surface area contributed by atoms with Crippen LogP contribution in [0.2, 0.25) is 0 Å². The summed E-state index contributed by atoms with van der Waals surface area (Å²) in [5, 5.41) is 8.81. The number of allylic oxidation sites excluding steroid dienone is 8. The third-order valence-electron chi connectivity index (χ3n) is 10.4.